The zero-order valence-electron chi connectivity index (χ0n) is 14.9. The minimum atomic E-state index is -3.64. The van der Waals surface area contributed by atoms with Crippen molar-refractivity contribution < 1.29 is 18.0 Å². The summed E-state index contributed by atoms with van der Waals surface area (Å²) in [6.45, 7) is 7.43. The number of ether oxygens (including phenoxy) is 1. The van der Waals surface area contributed by atoms with E-state index in [9.17, 15) is 8.42 Å². The Morgan fingerprint density at radius 2 is 1.60 bits per heavy atom. The topological polar surface area (TPSA) is 65.0 Å². The van der Waals surface area contributed by atoms with E-state index in [0.29, 0.717) is 11.3 Å². The van der Waals surface area contributed by atoms with Gasteiger partial charge in [0.15, 0.2) is 0 Å². The summed E-state index contributed by atoms with van der Waals surface area (Å²) in [5.41, 5.74) is 0.632. The summed E-state index contributed by atoms with van der Waals surface area (Å²) in [4.78, 5) is 5.61. The highest BCUT2D eigenvalue weighted by atomic mass is 32.2. The molecule has 0 bridgehead atoms. The van der Waals surface area contributed by atoms with E-state index in [1.54, 1.807) is 61.5 Å². The maximum atomic E-state index is 12.9. The van der Waals surface area contributed by atoms with E-state index in [-0.39, 0.29) is 22.2 Å². The van der Waals surface area contributed by atoms with Gasteiger partial charge in [-0.3, -0.25) is 0 Å². The maximum Gasteiger partial charge on any atom is 0.217 e. The largest absolute Gasteiger partial charge is 0.367 e. The quantitative estimate of drug-likeness (QED) is 0.337. The van der Waals surface area contributed by atoms with E-state index in [4.69, 9.17) is 9.57 Å². The highest BCUT2D eigenvalue weighted by Crippen LogP contribution is 2.24. The minimum absolute atomic E-state index is 0.00551. The first kappa shape index (κ1) is 19.1. The molecule has 2 rings (SSSR count). The van der Waals surface area contributed by atoms with Gasteiger partial charge in [0.25, 0.3) is 0 Å². The minimum Gasteiger partial charge on any atom is -0.367 e. The third-order valence-corrected chi connectivity index (χ3v) is 5.19. The van der Waals surface area contributed by atoms with Crippen molar-refractivity contribution >= 4 is 15.5 Å². The van der Waals surface area contributed by atoms with Crippen LogP contribution in [-0.2, 0) is 19.4 Å². The van der Waals surface area contributed by atoms with Crippen LogP contribution in [0.4, 0.5) is 0 Å². The Kier molecular flexibility index (Phi) is 5.98. The van der Waals surface area contributed by atoms with E-state index in [2.05, 4.69) is 5.16 Å². The molecule has 0 aliphatic rings. The fourth-order valence-electron chi connectivity index (χ4n) is 2.10. The average molecular weight is 361 g/mol. The SMILES string of the molecule is C/C(=N\OCOC(C)(C)C)c1ccccc1S(=O)(=O)c1ccccc1. The summed E-state index contributed by atoms with van der Waals surface area (Å²) < 4.78 is 31.2. The van der Waals surface area contributed by atoms with Crippen molar-refractivity contribution in [1.82, 2.24) is 0 Å². The van der Waals surface area contributed by atoms with Crippen molar-refractivity contribution in [3.05, 3.63) is 60.2 Å². The van der Waals surface area contributed by atoms with E-state index in [0.717, 1.165) is 0 Å². The van der Waals surface area contributed by atoms with Crippen LogP contribution in [0, 0.1) is 0 Å². The standard InChI is InChI=1S/C19H23NO4S/c1-15(20-24-14-23-19(2,3)4)17-12-8-9-13-18(17)25(21,22)16-10-6-5-7-11-16/h5-13H,14H2,1-4H3/b20-15+. The van der Waals surface area contributed by atoms with Crippen LogP contribution in [0.25, 0.3) is 0 Å². The van der Waals surface area contributed by atoms with Crippen molar-refractivity contribution in [1.29, 1.82) is 0 Å². The third-order valence-electron chi connectivity index (χ3n) is 3.37. The van der Waals surface area contributed by atoms with Crippen LogP contribution in [-0.4, -0.2) is 26.5 Å². The Morgan fingerprint density at radius 1 is 1.00 bits per heavy atom. The molecule has 5 nitrogen and oxygen atoms in total. The highest BCUT2D eigenvalue weighted by Gasteiger charge is 2.22. The lowest BCUT2D eigenvalue weighted by Crippen LogP contribution is -2.20. The van der Waals surface area contributed by atoms with E-state index < -0.39 is 9.84 Å². The molecule has 0 spiro atoms. The molecule has 6 heteroatoms. The lowest BCUT2D eigenvalue weighted by Gasteiger charge is -2.18. The molecule has 0 aliphatic carbocycles. The molecule has 0 amide bonds. The summed E-state index contributed by atoms with van der Waals surface area (Å²) >= 11 is 0. The molecular weight excluding hydrogens is 338 g/mol. The number of oxime groups is 1. The van der Waals surface area contributed by atoms with E-state index >= 15 is 0 Å². The number of sulfone groups is 1. The summed E-state index contributed by atoms with van der Waals surface area (Å²) in [6, 6.07) is 15.1. The van der Waals surface area contributed by atoms with Gasteiger partial charge in [-0.1, -0.05) is 41.6 Å². The fourth-order valence-corrected chi connectivity index (χ4v) is 3.63. The molecule has 0 radical (unpaired) electrons. The van der Waals surface area contributed by atoms with Gasteiger partial charge in [-0.2, -0.15) is 0 Å². The second-order valence-corrected chi connectivity index (χ2v) is 8.41. The maximum absolute atomic E-state index is 12.9. The van der Waals surface area contributed by atoms with Crippen LogP contribution in [0.2, 0.25) is 0 Å². The Morgan fingerprint density at radius 3 is 2.24 bits per heavy atom. The van der Waals surface area contributed by atoms with Crippen LogP contribution >= 0.6 is 0 Å². The number of benzene rings is 2. The molecule has 2 aromatic carbocycles. The van der Waals surface area contributed by atoms with Gasteiger partial charge in [0.05, 0.1) is 21.1 Å². The van der Waals surface area contributed by atoms with Gasteiger partial charge in [0.1, 0.15) is 0 Å². The Balaban J connectivity index is 2.29. The number of hydrogen-bond acceptors (Lipinski definition) is 5. The number of hydrogen-bond donors (Lipinski definition) is 0. The number of rotatable bonds is 6. The first-order valence-corrected chi connectivity index (χ1v) is 9.40. The zero-order chi connectivity index (χ0) is 18.5. The zero-order valence-corrected chi connectivity index (χ0v) is 15.7. The molecule has 0 saturated heterocycles. The van der Waals surface area contributed by atoms with Gasteiger partial charge >= 0.3 is 0 Å². The lowest BCUT2D eigenvalue weighted by molar-refractivity contribution is -0.119. The van der Waals surface area contributed by atoms with Crippen molar-refractivity contribution in [2.24, 2.45) is 5.16 Å². The van der Waals surface area contributed by atoms with Gasteiger partial charge in [-0.05, 0) is 45.9 Å². The van der Waals surface area contributed by atoms with Crippen LogP contribution < -0.4 is 0 Å². The third kappa shape index (κ3) is 5.14. The molecule has 134 valence electrons. The first-order valence-electron chi connectivity index (χ1n) is 7.92. The second kappa shape index (κ2) is 7.80. The van der Waals surface area contributed by atoms with Gasteiger partial charge in [-0.25, -0.2) is 8.42 Å². The molecule has 0 atom stereocenters. The molecule has 0 saturated carbocycles. The van der Waals surface area contributed by atoms with Gasteiger partial charge < -0.3 is 9.57 Å². The van der Waals surface area contributed by atoms with Gasteiger partial charge in [0.2, 0.25) is 16.6 Å². The van der Waals surface area contributed by atoms with Crippen LogP contribution in [0.15, 0.2) is 69.5 Å². The normalized spacial score (nSPS) is 12.9. The smallest absolute Gasteiger partial charge is 0.217 e. The molecule has 0 aliphatic heterocycles. The molecule has 2 aromatic rings. The van der Waals surface area contributed by atoms with Crippen molar-refractivity contribution in [3.63, 3.8) is 0 Å². The Labute approximate surface area is 149 Å². The predicted molar refractivity (Wildman–Crippen MR) is 97.3 cm³/mol. The fraction of sp³-hybridized carbons (Fsp3) is 0.316. The summed E-state index contributed by atoms with van der Waals surface area (Å²) in [5.74, 6) is 0. The Hall–Kier alpha value is -2.18. The average Bonchev–Trinajstić information content (AvgIpc) is 2.58. The molecule has 25 heavy (non-hydrogen) atoms. The van der Waals surface area contributed by atoms with Gasteiger partial charge in [-0.15, -0.1) is 0 Å². The van der Waals surface area contributed by atoms with E-state index in [1.165, 1.54) is 0 Å². The second-order valence-electron chi connectivity index (χ2n) is 6.49. The molecule has 0 N–H and O–H groups in total. The van der Waals surface area contributed by atoms with E-state index in [1.807, 2.05) is 20.8 Å². The molecule has 0 aromatic heterocycles. The molecule has 0 unspecified atom stereocenters. The monoisotopic (exact) mass is 361 g/mol. The molecule has 0 heterocycles. The summed E-state index contributed by atoms with van der Waals surface area (Å²) in [5, 5.41) is 3.99. The van der Waals surface area contributed by atoms with Crippen molar-refractivity contribution in [3.8, 4) is 0 Å². The van der Waals surface area contributed by atoms with Crippen molar-refractivity contribution in [2.45, 2.75) is 43.1 Å². The van der Waals surface area contributed by atoms with Crippen LogP contribution in [0.3, 0.4) is 0 Å². The van der Waals surface area contributed by atoms with Crippen LogP contribution in [0.5, 0.6) is 0 Å². The lowest BCUT2D eigenvalue weighted by atomic mass is 10.1. The first-order chi connectivity index (χ1) is 11.7. The van der Waals surface area contributed by atoms with Gasteiger partial charge in [0, 0.05) is 5.56 Å². The van der Waals surface area contributed by atoms with Crippen LogP contribution in [0.1, 0.15) is 33.3 Å². The Bertz CT molecular complexity index is 837. The van der Waals surface area contributed by atoms with Crippen molar-refractivity contribution in [2.75, 3.05) is 6.79 Å². The molecule has 0 fully saturated rings. The highest BCUT2D eigenvalue weighted by molar-refractivity contribution is 7.91. The predicted octanol–water partition coefficient (Wildman–Crippen LogP) is 4.03. The summed E-state index contributed by atoms with van der Waals surface area (Å²) in [7, 11) is -3.64. The molecular formula is C19H23NO4S. The summed E-state index contributed by atoms with van der Waals surface area (Å²) in [6.07, 6.45) is 0. The number of nitrogens with zero attached hydrogens (tertiary/aromatic N) is 1.